The summed E-state index contributed by atoms with van der Waals surface area (Å²) in [5.74, 6) is 7.68. The lowest BCUT2D eigenvalue weighted by Gasteiger charge is -2.30. The Morgan fingerprint density at radius 1 is 1.37 bits per heavy atom. The lowest BCUT2D eigenvalue weighted by atomic mass is 9.81. The Bertz CT molecular complexity index is 445. The van der Waals surface area contributed by atoms with Crippen LogP contribution in [0, 0.1) is 23.6 Å². The van der Waals surface area contributed by atoms with Crippen LogP contribution in [0.4, 0.5) is 4.39 Å². The molecule has 0 aliphatic heterocycles. The van der Waals surface area contributed by atoms with Crippen molar-refractivity contribution in [3.63, 3.8) is 0 Å². The zero-order valence-corrected chi connectivity index (χ0v) is 11.7. The Hall–Kier alpha value is -0.640. The highest BCUT2D eigenvalue weighted by Gasteiger charge is 2.42. The highest BCUT2D eigenvalue weighted by molar-refractivity contribution is 6.31. The zero-order valence-electron chi connectivity index (χ0n) is 10.9. The molecule has 1 aromatic rings. The largest absolute Gasteiger partial charge is 0.271 e. The summed E-state index contributed by atoms with van der Waals surface area (Å²) in [6.45, 7) is 0. The van der Waals surface area contributed by atoms with Gasteiger partial charge in [-0.1, -0.05) is 24.1 Å². The maximum Gasteiger partial charge on any atom is 0.127 e. The normalized spacial score (nSPS) is 30.8. The topological polar surface area (TPSA) is 38.0 Å². The molecule has 1 aromatic carbocycles. The molecule has 2 aliphatic rings. The summed E-state index contributed by atoms with van der Waals surface area (Å²) >= 11 is 6.11. The smallest absolute Gasteiger partial charge is 0.127 e. The van der Waals surface area contributed by atoms with Gasteiger partial charge in [-0.05, 0) is 55.6 Å². The van der Waals surface area contributed by atoms with Crippen molar-refractivity contribution < 1.29 is 4.39 Å². The molecule has 0 aromatic heterocycles. The van der Waals surface area contributed by atoms with Gasteiger partial charge in [-0.25, -0.2) is 4.39 Å². The second-order valence-electron chi connectivity index (χ2n) is 6.02. The van der Waals surface area contributed by atoms with E-state index in [0.29, 0.717) is 22.9 Å². The number of rotatable bonds is 4. The average molecular weight is 283 g/mol. The first-order valence-electron chi connectivity index (χ1n) is 7.08. The summed E-state index contributed by atoms with van der Waals surface area (Å²) in [4.78, 5) is 0. The molecule has 19 heavy (non-hydrogen) atoms. The van der Waals surface area contributed by atoms with Crippen LogP contribution < -0.4 is 11.3 Å². The highest BCUT2D eigenvalue weighted by Crippen LogP contribution is 2.50. The lowest BCUT2D eigenvalue weighted by molar-refractivity contribution is 0.247. The van der Waals surface area contributed by atoms with Crippen molar-refractivity contribution in [3.05, 3.63) is 34.6 Å². The molecule has 2 saturated carbocycles. The monoisotopic (exact) mass is 282 g/mol. The zero-order chi connectivity index (χ0) is 13.4. The molecule has 104 valence electrons. The summed E-state index contributed by atoms with van der Waals surface area (Å²) in [6, 6.07) is 4.98. The van der Waals surface area contributed by atoms with Crippen molar-refractivity contribution in [3.8, 4) is 0 Å². The van der Waals surface area contributed by atoms with Crippen LogP contribution >= 0.6 is 11.6 Å². The van der Waals surface area contributed by atoms with Crippen molar-refractivity contribution in [2.24, 2.45) is 23.6 Å². The molecular weight excluding hydrogens is 263 g/mol. The maximum atomic E-state index is 13.9. The van der Waals surface area contributed by atoms with Crippen molar-refractivity contribution in [1.29, 1.82) is 0 Å². The molecule has 0 radical (unpaired) electrons. The number of nitrogens with one attached hydrogen (secondary N) is 1. The molecule has 0 saturated heterocycles. The molecular formula is C15H20ClFN2. The molecule has 3 N–H and O–H groups in total. The SMILES string of the molecule is NNC(Cc1c(F)cccc1Cl)C1CC2CCC1C2. The van der Waals surface area contributed by atoms with Gasteiger partial charge in [0.05, 0.1) is 0 Å². The van der Waals surface area contributed by atoms with E-state index in [2.05, 4.69) is 5.43 Å². The lowest BCUT2D eigenvalue weighted by Crippen LogP contribution is -2.44. The van der Waals surface area contributed by atoms with Gasteiger partial charge in [0.15, 0.2) is 0 Å². The molecule has 4 unspecified atom stereocenters. The summed E-state index contributed by atoms with van der Waals surface area (Å²) < 4.78 is 13.9. The Balaban J connectivity index is 1.77. The minimum atomic E-state index is -0.226. The third kappa shape index (κ3) is 2.51. The molecule has 2 aliphatic carbocycles. The van der Waals surface area contributed by atoms with E-state index in [1.54, 1.807) is 12.1 Å². The van der Waals surface area contributed by atoms with Gasteiger partial charge in [-0.15, -0.1) is 0 Å². The fourth-order valence-corrected chi connectivity index (χ4v) is 4.31. The molecule has 0 spiro atoms. The Labute approximate surface area is 118 Å². The predicted octanol–water partition coefficient (Wildman–Crippen LogP) is 3.29. The second-order valence-corrected chi connectivity index (χ2v) is 6.42. The Kier molecular flexibility index (Phi) is 3.79. The number of fused-ring (bicyclic) bond motifs is 2. The van der Waals surface area contributed by atoms with Crippen LogP contribution in [-0.4, -0.2) is 6.04 Å². The first-order valence-corrected chi connectivity index (χ1v) is 7.46. The first-order chi connectivity index (χ1) is 9.19. The van der Waals surface area contributed by atoms with Crippen molar-refractivity contribution in [2.45, 2.75) is 38.1 Å². The summed E-state index contributed by atoms with van der Waals surface area (Å²) in [5.41, 5.74) is 3.50. The van der Waals surface area contributed by atoms with Crippen molar-refractivity contribution >= 4 is 11.6 Å². The molecule has 4 atom stereocenters. The number of hydrogen-bond donors (Lipinski definition) is 2. The number of hydrogen-bond acceptors (Lipinski definition) is 2. The number of halogens is 2. The van der Waals surface area contributed by atoms with Gasteiger partial charge in [0.1, 0.15) is 5.82 Å². The molecule has 3 rings (SSSR count). The van der Waals surface area contributed by atoms with Crippen LogP contribution in [0.2, 0.25) is 5.02 Å². The molecule has 0 heterocycles. The van der Waals surface area contributed by atoms with Crippen LogP contribution in [0.5, 0.6) is 0 Å². The van der Waals surface area contributed by atoms with Crippen molar-refractivity contribution in [2.75, 3.05) is 0 Å². The van der Waals surface area contributed by atoms with E-state index < -0.39 is 0 Å². The fourth-order valence-electron chi connectivity index (χ4n) is 4.07. The summed E-state index contributed by atoms with van der Waals surface area (Å²) in [5, 5.41) is 0.503. The summed E-state index contributed by atoms with van der Waals surface area (Å²) in [7, 11) is 0. The minimum absolute atomic E-state index is 0.129. The average Bonchev–Trinajstić information content (AvgIpc) is 3.01. The van der Waals surface area contributed by atoms with E-state index in [4.69, 9.17) is 17.4 Å². The highest BCUT2D eigenvalue weighted by atomic mass is 35.5. The van der Waals surface area contributed by atoms with Gasteiger partial charge in [0, 0.05) is 16.6 Å². The second kappa shape index (κ2) is 5.39. The molecule has 2 fully saturated rings. The van der Waals surface area contributed by atoms with Gasteiger partial charge in [-0.3, -0.25) is 11.3 Å². The maximum absolute atomic E-state index is 13.9. The molecule has 4 heteroatoms. The van der Waals surface area contributed by atoms with Gasteiger partial charge in [0.2, 0.25) is 0 Å². The Morgan fingerprint density at radius 3 is 2.79 bits per heavy atom. The third-order valence-electron chi connectivity index (χ3n) is 5.01. The fraction of sp³-hybridized carbons (Fsp3) is 0.600. The van der Waals surface area contributed by atoms with Crippen LogP contribution in [-0.2, 0) is 6.42 Å². The van der Waals surface area contributed by atoms with Gasteiger partial charge >= 0.3 is 0 Å². The summed E-state index contributed by atoms with van der Waals surface area (Å²) in [6.07, 6.45) is 5.80. The van der Waals surface area contributed by atoms with E-state index in [1.165, 1.54) is 31.7 Å². The van der Waals surface area contributed by atoms with E-state index >= 15 is 0 Å². The first kappa shape index (κ1) is 13.3. The standard InChI is InChI=1S/C15H20ClFN2/c16-13-2-1-3-14(17)12(13)8-15(19-18)11-7-9-4-5-10(11)6-9/h1-3,9-11,15,19H,4-8,18H2. The van der Waals surface area contributed by atoms with E-state index in [0.717, 1.165) is 11.8 Å². The van der Waals surface area contributed by atoms with Gasteiger partial charge in [0.25, 0.3) is 0 Å². The van der Waals surface area contributed by atoms with E-state index in [9.17, 15) is 4.39 Å². The molecule has 0 amide bonds. The van der Waals surface area contributed by atoms with Crippen LogP contribution in [0.3, 0.4) is 0 Å². The van der Waals surface area contributed by atoms with E-state index in [1.807, 2.05) is 0 Å². The number of hydrazine groups is 1. The van der Waals surface area contributed by atoms with Crippen LogP contribution in [0.15, 0.2) is 18.2 Å². The predicted molar refractivity (Wildman–Crippen MR) is 75.2 cm³/mol. The van der Waals surface area contributed by atoms with Crippen LogP contribution in [0.1, 0.15) is 31.2 Å². The Morgan fingerprint density at radius 2 is 2.21 bits per heavy atom. The van der Waals surface area contributed by atoms with Crippen molar-refractivity contribution in [1.82, 2.24) is 5.43 Å². The number of nitrogens with two attached hydrogens (primary N) is 1. The molecule has 2 bridgehead atoms. The van der Waals surface area contributed by atoms with E-state index in [-0.39, 0.29) is 11.9 Å². The third-order valence-corrected chi connectivity index (χ3v) is 5.36. The quantitative estimate of drug-likeness (QED) is 0.657. The van der Waals surface area contributed by atoms with Gasteiger partial charge in [-0.2, -0.15) is 0 Å². The van der Waals surface area contributed by atoms with Crippen LogP contribution in [0.25, 0.3) is 0 Å². The number of benzene rings is 1. The minimum Gasteiger partial charge on any atom is -0.271 e. The molecule has 2 nitrogen and oxygen atoms in total. The van der Waals surface area contributed by atoms with Gasteiger partial charge < -0.3 is 0 Å².